The molecule has 30 heavy (non-hydrogen) atoms. The van der Waals surface area contributed by atoms with Crippen LogP contribution in [0, 0.1) is 5.92 Å². The van der Waals surface area contributed by atoms with Gasteiger partial charge < -0.3 is 26.4 Å². The third kappa shape index (κ3) is 7.28. The minimum absolute atomic E-state index is 0.0984. The highest BCUT2D eigenvalue weighted by Gasteiger charge is 2.29. The normalized spacial score (nSPS) is 30.0. The highest BCUT2D eigenvalue weighted by Crippen LogP contribution is 2.30. The van der Waals surface area contributed by atoms with E-state index in [2.05, 4.69) is 29.3 Å². The van der Waals surface area contributed by atoms with Crippen molar-refractivity contribution in [2.75, 3.05) is 26.3 Å². The highest BCUT2D eigenvalue weighted by molar-refractivity contribution is 5.32. The van der Waals surface area contributed by atoms with Gasteiger partial charge in [0.05, 0.1) is 13.2 Å². The Hall–Kier alpha value is -1.04. The molecule has 3 rings (SSSR count). The molecule has 5 heteroatoms. The molecule has 5 N–H and O–H groups in total. The molecular weight excluding hydrogens is 372 g/mol. The van der Waals surface area contributed by atoms with Gasteiger partial charge in [-0.2, -0.15) is 0 Å². The second kappa shape index (κ2) is 12.7. The molecule has 0 aromatic carbocycles. The molecular formula is C25H46N4O. The van der Waals surface area contributed by atoms with Crippen LogP contribution in [0.25, 0.3) is 0 Å². The van der Waals surface area contributed by atoms with E-state index in [0.717, 1.165) is 39.1 Å². The zero-order chi connectivity index (χ0) is 21.2. The summed E-state index contributed by atoms with van der Waals surface area (Å²) in [6, 6.07) is 1.03. The summed E-state index contributed by atoms with van der Waals surface area (Å²) in [6.45, 7) is 5.83. The summed E-state index contributed by atoms with van der Waals surface area (Å²) < 4.78 is 5.55. The summed E-state index contributed by atoms with van der Waals surface area (Å²) in [4.78, 5) is 2.44. The fourth-order valence-corrected chi connectivity index (χ4v) is 5.17. The number of morpholine rings is 1. The number of nitrogens with two attached hydrogens (primary N) is 2. The first-order valence-corrected chi connectivity index (χ1v) is 12.7. The van der Waals surface area contributed by atoms with Crippen molar-refractivity contribution < 1.29 is 4.74 Å². The molecule has 2 fully saturated rings. The van der Waals surface area contributed by atoms with E-state index in [9.17, 15) is 0 Å². The van der Waals surface area contributed by atoms with Crippen molar-refractivity contribution in [3.8, 4) is 0 Å². The van der Waals surface area contributed by atoms with Gasteiger partial charge in [0.15, 0.2) is 0 Å². The molecule has 2 atom stereocenters. The molecule has 172 valence electrons. The van der Waals surface area contributed by atoms with Crippen LogP contribution in [0.2, 0.25) is 0 Å². The topological polar surface area (TPSA) is 76.5 Å². The quantitative estimate of drug-likeness (QED) is 0.441. The van der Waals surface area contributed by atoms with Crippen LogP contribution in [0.4, 0.5) is 0 Å². The minimum Gasteiger partial charge on any atom is -0.385 e. The van der Waals surface area contributed by atoms with Crippen molar-refractivity contribution in [3.63, 3.8) is 0 Å². The first-order chi connectivity index (χ1) is 14.7. The van der Waals surface area contributed by atoms with Gasteiger partial charge in [-0.25, -0.2) is 0 Å². The lowest BCUT2D eigenvalue weighted by Gasteiger charge is -2.38. The van der Waals surface area contributed by atoms with E-state index in [-0.39, 0.29) is 6.04 Å². The fraction of sp³-hybridized carbons (Fsp3) is 0.840. The van der Waals surface area contributed by atoms with Crippen LogP contribution < -0.4 is 16.8 Å². The Morgan fingerprint density at radius 2 is 1.63 bits per heavy atom. The van der Waals surface area contributed by atoms with E-state index < -0.39 is 0 Å². The summed E-state index contributed by atoms with van der Waals surface area (Å²) in [5.41, 5.74) is 15.5. The molecule has 0 amide bonds. The van der Waals surface area contributed by atoms with E-state index in [4.69, 9.17) is 16.2 Å². The van der Waals surface area contributed by atoms with Gasteiger partial charge in [-0.1, -0.05) is 51.9 Å². The molecule has 2 unspecified atom stereocenters. The van der Waals surface area contributed by atoms with Gasteiger partial charge in [-0.15, -0.1) is 0 Å². The Bertz CT molecular complexity index is 547. The maximum atomic E-state index is 6.74. The van der Waals surface area contributed by atoms with Crippen molar-refractivity contribution in [2.45, 2.75) is 102 Å². The average Bonchev–Trinajstić information content (AvgIpc) is 2.76. The van der Waals surface area contributed by atoms with Crippen molar-refractivity contribution in [1.82, 2.24) is 10.2 Å². The number of ether oxygens (including phenoxy) is 1. The zero-order valence-corrected chi connectivity index (χ0v) is 19.3. The summed E-state index contributed by atoms with van der Waals surface area (Å²) in [5, 5.41) is 3.92. The molecule has 2 aliphatic carbocycles. The van der Waals surface area contributed by atoms with E-state index in [0.29, 0.717) is 18.0 Å². The van der Waals surface area contributed by atoms with E-state index in [1.165, 1.54) is 75.6 Å². The fourth-order valence-electron chi connectivity index (χ4n) is 5.17. The highest BCUT2D eigenvalue weighted by atomic mass is 16.5. The second-order valence-electron chi connectivity index (χ2n) is 9.64. The summed E-state index contributed by atoms with van der Waals surface area (Å²) >= 11 is 0. The van der Waals surface area contributed by atoms with E-state index in [1.807, 2.05) is 0 Å². The monoisotopic (exact) mass is 418 g/mol. The van der Waals surface area contributed by atoms with Gasteiger partial charge in [0.1, 0.15) is 0 Å². The van der Waals surface area contributed by atoms with Gasteiger partial charge >= 0.3 is 0 Å². The maximum Gasteiger partial charge on any atom is 0.0642 e. The molecule has 1 saturated heterocycles. The van der Waals surface area contributed by atoms with Crippen LogP contribution in [0.1, 0.15) is 84.0 Å². The number of nitrogens with one attached hydrogen (secondary N) is 1. The molecule has 1 heterocycles. The molecule has 0 radical (unpaired) electrons. The molecule has 0 aromatic heterocycles. The predicted molar refractivity (Wildman–Crippen MR) is 126 cm³/mol. The number of hydrogen-bond acceptors (Lipinski definition) is 5. The predicted octanol–water partition coefficient (Wildman–Crippen LogP) is 4.04. The van der Waals surface area contributed by atoms with Gasteiger partial charge in [-0.05, 0) is 44.3 Å². The van der Waals surface area contributed by atoms with Gasteiger partial charge in [0.2, 0.25) is 0 Å². The zero-order valence-electron chi connectivity index (χ0n) is 19.3. The number of unbranched alkanes of at least 4 members (excludes halogenated alkanes) is 6. The van der Waals surface area contributed by atoms with Crippen molar-refractivity contribution >= 4 is 0 Å². The lowest BCUT2D eigenvalue weighted by Crippen LogP contribution is -2.44. The largest absolute Gasteiger partial charge is 0.385 e. The molecule has 0 spiro atoms. The van der Waals surface area contributed by atoms with Gasteiger partial charge in [0, 0.05) is 48.5 Å². The number of nitrogens with zero attached hydrogens (tertiary/aromatic N) is 1. The van der Waals surface area contributed by atoms with Crippen molar-refractivity contribution in [1.29, 1.82) is 0 Å². The molecule has 0 aromatic rings. The standard InChI is InChI=1S/C25H46N4O/c1-2-3-4-5-6-7-8-9-23-24(27)18-22(29-14-16-30-17-15-29)19-25(23)28-21-12-10-20(26)11-13-21/h18-21,23-24,28H,2-17,26-27H2,1H3. The van der Waals surface area contributed by atoms with E-state index >= 15 is 0 Å². The average molecular weight is 419 g/mol. The van der Waals surface area contributed by atoms with Crippen LogP contribution in [0.15, 0.2) is 23.5 Å². The SMILES string of the molecule is CCCCCCCCCC1C(NC2CCC(N)CC2)=CC(N2CCOCC2)=CC1N. The van der Waals surface area contributed by atoms with Gasteiger partial charge in [0.25, 0.3) is 0 Å². The Balaban J connectivity index is 1.58. The Morgan fingerprint density at radius 3 is 2.33 bits per heavy atom. The van der Waals surface area contributed by atoms with Crippen LogP contribution in [0.5, 0.6) is 0 Å². The minimum atomic E-state index is 0.0984. The van der Waals surface area contributed by atoms with Crippen molar-refractivity contribution in [2.24, 2.45) is 17.4 Å². The first-order valence-electron chi connectivity index (χ1n) is 12.7. The lowest BCUT2D eigenvalue weighted by molar-refractivity contribution is 0.0547. The van der Waals surface area contributed by atoms with Crippen LogP contribution in [-0.4, -0.2) is 49.3 Å². The summed E-state index contributed by atoms with van der Waals surface area (Å²) in [5.74, 6) is 0.418. The van der Waals surface area contributed by atoms with Gasteiger partial charge in [-0.3, -0.25) is 0 Å². The summed E-state index contributed by atoms with van der Waals surface area (Å²) in [7, 11) is 0. The molecule has 3 aliphatic rings. The summed E-state index contributed by atoms with van der Waals surface area (Å²) in [6.07, 6.45) is 19.9. The Morgan fingerprint density at radius 1 is 0.967 bits per heavy atom. The molecule has 5 nitrogen and oxygen atoms in total. The third-order valence-electron chi connectivity index (χ3n) is 7.17. The Kier molecular flexibility index (Phi) is 10.0. The second-order valence-corrected chi connectivity index (χ2v) is 9.64. The number of allylic oxidation sites excluding steroid dienone is 1. The van der Waals surface area contributed by atoms with Crippen molar-refractivity contribution in [3.05, 3.63) is 23.5 Å². The molecule has 1 aliphatic heterocycles. The van der Waals surface area contributed by atoms with Crippen LogP contribution in [-0.2, 0) is 4.74 Å². The first kappa shape index (κ1) is 23.6. The van der Waals surface area contributed by atoms with E-state index in [1.54, 1.807) is 0 Å². The third-order valence-corrected chi connectivity index (χ3v) is 7.17. The van der Waals surface area contributed by atoms with Crippen LogP contribution >= 0.6 is 0 Å². The maximum absolute atomic E-state index is 6.74. The Labute approximate surface area is 184 Å². The smallest absolute Gasteiger partial charge is 0.0642 e. The van der Waals surface area contributed by atoms with Crippen LogP contribution in [0.3, 0.4) is 0 Å². The lowest BCUT2D eigenvalue weighted by atomic mass is 9.84. The molecule has 0 bridgehead atoms. The number of rotatable bonds is 11. The molecule has 1 saturated carbocycles. The number of hydrogen-bond donors (Lipinski definition) is 3.